The van der Waals surface area contributed by atoms with Gasteiger partial charge < -0.3 is 5.32 Å². The summed E-state index contributed by atoms with van der Waals surface area (Å²) in [4.78, 5) is 12.6. The van der Waals surface area contributed by atoms with Crippen LogP contribution in [0.4, 0.5) is 5.69 Å². The Morgan fingerprint density at radius 3 is 2.61 bits per heavy atom. The maximum absolute atomic E-state index is 12.6. The highest BCUT2D eigenvalue weighted by molar-refractivity contribution is 7.92. The Labute approximate surface area is 142 Å². The first-order chi connectivity index (χ1) is 10.8. The zero-order valence-corrected chi connectivity index (χ0v) is 14.8. The van der Waals surface area contributed by atoms with E-state index in [1.54, 1.807) is 12.1 Å². The number of sulfonamides is 1. The van der Waals surface area contributed by atoms with Crippen LogP contribution < -0.4 is 9.62 Å². The lowest BCUT2D eigenvalue weighted by Gasteiger charge is -2.23. The molecular weight excluding hydrogens is 336 g/mol. The molecule has 1 amide bonds. The van der Waals surface area contributed by atoms with E-state index in [1.165, 1.54) is 32.4 Å². The van der Waals surface area contributed by atoms with Crippen LogP contribution in [0, 0.1) is 11.8 Å². The number of benzene rings is 1. The number of hydrogen-bond acceptors (Lipinski definition) is 3. The first-order valence-corrected chi connectivity index (χ1v) is 10.0. The number of fused-ring (bicyclic) bond motifs is 2. The molecule has 0 spiro atoms. The molecule has 7 heteroatoms. The predicted octanol–water partition coefficient (Wildman–Crippen LogP) is 2.65. The zero-order valence-electron chi connectivity index (χ0n) is 13.3. The highest BCUT2D eigenvalue weighted by atomic mass is 35.5. The molecule has 2 saturated carbocycles. The van der Waals surface area contributed by atoms with E-state index in [2.05, 4.69) is 5.32 Å². The Hall–Kier alpha value is -1.27. The molecule has 0 aromatic heterocycles. The van der Waals surface area contributed by atoms with Crippen molar-refractivity contribution in [3.05, 3.63) is 28.8 Å². The van der Waals surface area contributed by atoms with Crippen molar-refractivity contribution in [3.8, 4) is 0 Å². The highest BCUT2D eigenvalue weighted by Crippen LogP contribution is 2.44. The van der Waals surface area contributed by atoms with Crippen molar-refractivity contribution in [3.63, 3.8) is 0 Å². The number of carbonyl (C=O) groups is 1. The van der Waals surface area contributed by atoms with Crippen molar-refractivity contribution in [1.82, 2.24) is 5.32 Å². The van der Waals surface area contributed by atoms with Crippen molar-refractivity contribution in [2.75, 3.05) is 17.6 Å². The first kappa shape index (κ1) is 16.6. The fraction of sp³-hybridized carbons (Fsp3) is 0.562. The number of hydrogen-bond donors (Lipinski definition) is 1. The Kier molecular flexibility index (Phi) is 4.31. The van der Waals surface area contributed by atoms with E-state index in [-0.39, 0.29) is 11.9 Å². The van der Waals surface area contributed by atoms with Crippen LogP contribution in [0.25, 0.3) is 0 Å². The van der Waals surface area contributed by atoms with Crippen molar-refractivity contribution in [2.24, 2.45) is 11.8 Å². The Balaban J connectivity index is 1.80. The number of rotatable bonds is 4. The minimum atomic E-state index is -3.38. The summed E-state index contributed by atoms with van der Waals surface area (Å²) in [7, 11) is -1.93. The molecule has 1 aromatic rings. The van der Waals surface area contributed by atoms with E-state index >= 15 is 0 Å². The molecule has 1 N–H and O–H groups in total. The summed E-state index contributed by atoms with van der Waals surface area (Å²) in [5, 5.41) is 3.41. The molecule has 2 aliphatic carbocycles. The number of nitrogens with one attached hydrogen (secondary N) is 1. The second kappa shape index (κ2) is 5.98. The Morgan fingerprint density at radius 1 is 1.30 bits per heavy atom. The van der Waals surface area contributed by atoms with Gasteiger partial charge in [0.2, 0.25) is 10.0 Å². The van der Waals surface area contributed by atoms with Crippen LogP contribution in [0.5, 0.6) is 0 Å². The monoisotopic (exact) mass is 356 g/mol. The van der Waals surface area contributed by atoms with Gasteiger partial charge in [-0.15, -0.1) is 0 Å². The summed E-state index contributed by atoms with van der Waals surface area (Å²) >= 11 is 6.15. The van der Waals surface area contributed by atoms with Crippen molar-refractivity contribution < 1.29 is 13.2 Å². The molecule has 126 valence electrons. The third-order valence-electron chi connectivity index (χ3n) is 5.11. The van der Waals surface area contributed by atoms with E-state index < -0.39 is 10.0 Å². The molecule has 5 nitrogen and oxygen atoms in total. The molecule has 0 aliphatic heterocycles. The molecule has 2 aliphatic rings. The van der Waals surface area contributed by atoms with Crippen molar-refractivity contribution in [1.29, 1.82) is 0 Å². The van der Waals surface area contributed by atoms with Crippen LogP contribution in [0.1, 0.15) is 36.0 Å². The second-order valence-electron chi connectivity index (χ2n) is 6.65. The molecule has 3 atom stereocenters. The average molecular weight is 357 g/mol. The lowest BCUT2D eigenvalue weighted by Crippen LogP contribution is -2.38. The summed E-state index contributed by atoms with van der Waals surface area (Å²) in [6.45, 7) is 0. The van der Waals surface area contributed by atoms with Crippen LogP contribution in [-0.2, 0) is 10.0 Å². The minimum absolute atomic E-state index is 0.216. The van der Waals surface area contributed by atoms with Gasteiger partial charge in [0.15, 0.2) is 0 Å². The van der Waals surface area contributed by atoms with E-state index in [1.807, 2.05) is 0 Å². The molecule has 23 heavy (non-hydrogen) atoms. The quantitative estimate of drug-likeness (QED) is 0.901. The molecule has 1 aromatic carbocycles. The van der Waals surface area contributed by atoms with Gasteiger partial charge in [-0.05, 0) is 49.3 Å². The zero-order chi connectivity index (χ0) is 16.8. The molecular formula is C16H21ClN2O3S. The predicted molar refractivity (Wildman–Crippen MR) is 91.4 cm³/mol. The van der Waals surface area contributed by atoms with Gasteiger partial charge in [-0.25, -0.2) is 8.42 Å². The van der Waals surface area contributed by atoms with Crippen LogP contribution in [0.15, 0.2) is 18.2 Å². The maximum Gasteiger partial charge on any atom is 0.253 e. The van der Waals surface area contributed by atoms with Crippen LogP contribution >= 0.6 is 11.6 Å². The van der Waals surface area contributed by atoms with Gasteiger partial charge in [-0.1, -0.05) is 18.0 Å². The summed E-state index contributed by atoms with van der Waals surface area (Å²) in [5.41, 5.74) is 0.748. The molecule has 0 radical (unpaired) electrons. The Morgan fingerprint density at radius 2 is 2.04 bits per heavy atom. The van der Waals surface area contributed by atoms with Gasteiger partial charge in [-0.2, -0.15) is 0 Å². The lowest BCUT2D eigenvalue weighted by atomic mass is 9.95. The van der Waals surface area contributed by atoms with Gasteiger partial charge in [-0.3, -0.25) is 9.10 Å². The van der Waals surface area contributed by atoms with Gasteiger partial charge in [0.05, 0.1) is 22.5 Å². The molecule has 0 unspecified atom stereocenters. The molecule has 0 saturated heterocycles. The van der Waals surface area contributed by atoms with Crippen LogP contribution in [0.2, 0.25) is 5.02 Å². The van der Waals surface area contributed by atoms with Crippen LogP contribution in [-0.4, -0.2) is 33.7 Å². The van der Waals surface area contributed by atoms with Gasteiger partial charge in [0, 0.05) is 13.1 Å². The number of nitrogens with zero attached hydrogens (tertiary/aromatic N) is 1. The van der Waals surface area contributed by atoms with E-state index in [0.717, 1.165) is 22.9 Å². The standard InChI is InChI=1S/C16H21ClN2O3S/c1-19(23(2,21)22)12-5-6-14(17)13(9-12)16(20)18-15-8-10-3-4-11(15)7-10/h5-6,9-11,15H,3-4,7-8H2,1-2H3,(H,18,20)/t10-,11-,15+/m0/s1. The van der Waals surface area contributed by atoms with Gasteiger partial charge in [0.1, 0.15) is 0 Å². The average Bonchev–Trinajstić information content (AvgIpc) is 3.08. The molecule has 3 rings (SSSR count). The maximum atomic E-state index is 12.6. The summed E-state index contributed by atoms with van der Waals surface area (Å²) in [6.07, 6.45) is 5.82. The third-order valence-corrected chi connectivity index (χ3v) is 6.65. The number of anilines is 1. The number of halogens is 1. The first-order valence-electron chi connectivity index (χ1n) is 7.80. The number of carbonyl (C=O) groups excluding carboxylic acids is 1. The largest absolute Gasteiger partial charge is 0.349 e. The SMILES string of the molecule is CN(c1ccc(Cl)c(C(=O)N[C@@H]2C[C@H]3CC[C@H]2C3)c1)S(C)(=O)=O. The normalized spacial score (nSPS) is 26.3. The van der Waals surface area contributed by atoms with Crippen molar-refractivity contribution in [2.45, 2.75) is 31.7 Å². The third kappa shape index (κ3) is 3.33. The minimum Gasteiger partial charge on any atom is -0.349 e. The fourth-order valence-electron chi connectivity index (χ4n) is 3.74. The number of amides is 1. The summed E-state index contributed by atoms with van der Waals surface area (Å²) in [6, 6.07) is 4.91. The highest BCUT2D eigenvalue weighted by Gasteiger charge is 2.40. The molecule has 2 fully saturated rings. The lowest BCUT2D eigenvalue weighted by molar-refractivity contribution is 0.0923. The van der Waals surface area contributed by atoms with Gasteiger partial charge >= 0.3 is 0 Å². The smallest absolute Gasteiger partial charge is 0.253 e. The summed E-state index contributed by atoms with van der Waals surface area (Å²) < 4.78 is 24.4. The van der Waals surface area contributed by atoms with E-state index in [0.29, 0.717) is 22.2 Å². The second-order valence-corrected chi connectivity index (χ2v) is 9.07. The summed E-state index contributed by atoms with van der Waals surface area (Å²) in [5.74, 6) is 1.09. The van der Waals surface area contributed by atoms with E-state index in [4.69, 9.17) is 11.6 Å². The van der Waals surface area contributed by atoms with E-state index in [9.17, 15) is 13.2 Å². The van der Waals surface area contributed by atoms with Crippen molar-refractivity contribution >= 4 is 33.2 Å². The molecule has 0 heterocycles. The van der Waals surface area contributed by atoms with Gasteiger partial charge in [0.25, 0.3) is 5.91 Å². The molecule has 2 bridgehead atoms. The van der Waals surface area contributed by atoms with Crippen LogP contribution in [0.3, 0.4) is 0 Å². The topological polar surface area (TPSA) is 66.5 Å². The fourth-order valence-corrected chi connectivity index (χ4v) is 4.44. The Bertz CT molecular complexity index is 735.